The number of aliphatic hydroxyl groups is 1. The van der Waals surface area contributed by atoms with Crippen molar-refractivity contribution in [3.63, 3.8) is 0 Å². The van der Waals surface area contributed by atoms with Gasteiger partial charge in [0, 0.05) is 5.69 Å². The van der Waals surface area contributed by atoms with Gasteiger partial charge in [-0.3, -0.25) is 0 Å². The van der Waals surface area contributed by atoms with Gasteiger partial charge in [-0.25, -0.2) is 9.18 Å². The molecule has 0 saturated carbocycles. The summed E-state index contributed by atoms with van der Waals surface area (Å²) in [4.78, 5) is 11.6. The van der Waals surface area contributed by atoms with Gasteiger partial charge >= 0.3 is 6.03 Å². The lowest BCUT2D eigenvalue weighted by Gasteiger charge is -2.15. The van der Waals surface area contributed by atoms with E-state index in [0.29, 0.717) is 17.7 Å². The lowest BCUT2D eigenvalue weighted by atomic mass is 10.2. The summed E-state index contributed by atoms with van der Waals surface area (Å²) in [5.41, 5.74) is 1.20. The summed E-state index contributed by atoms with van der Waals surface area (Å²) >= 11 is 0. The first kappa shape index (κ1) is 13.4. The van der Waals surface area contributed by atoms with Crippen molar-refractivity contribution < 1.29 is 14.3 Å². The Labute approximate surface area is 99.8 Å². The van der Waals surface area contributed by atoms with Crippen LogP contribution in [-0.2, 0) is 0 Å². The van der Waals surface area contributed by atoms with Gasteiger partial charge in [0.1, 0.15) is 5.82 Å². The molecule has 0 aliphatic rings. The monoisotopic (exact) mass is 240 g/mol. The van der Waals surface area contributed by atoms with Crippen LogP contribution in [0.4, 0.5) is 14.9 Å². The van der Waals surface area contributed by atoms with Crippen LogP contribution in [0.2, 0.25) is 0 Å². The molecule has 0 saturated heterocycles. The number of hydrogen-bond donors (Lipinski definition) is 3. The molecule has 1 rings (SSSR count). The summed E-state index contributed by atoms with van der Waals surface area (Å²) in [6.45, 7) is 3.47. The number of anilines is 1. The van der Waals surface area contributed by atoms with Gasteiger partial charge in [-0.2, -0.15) is 0 Å². The highest BCUT2D eigenvalue weighted by molar-refractivity contribution is 5.90. The molecule has 3 N–H and O–H groups in total. The van der Waals surface area contributed by atoms with E-state index >= 15 is 0 Å². The van der Waals surface area contributed by atoms with Crippen LogP contribution in [-0.4, -0.2) is 23.8 Å². The molecule has 0 aliphatic heterocycles. The van der Waals surface area contributed by atoms with Crippen LogP contribution < -0.4 is 10.6 Å². The summed E-state index contributed by atoms with van der Waals surface area (Å²) in [5, 5.41) is 14.2. The average Bonchev–Trinajstić information content (AvgIpc) is 2.29. The van der Waals surface area contributed by atoms with Crippen LogP contribution in [0.5, 0.6) is 0 Å². The fourth-order valence-corrected chi connectivity index (χ4v) is 1.39. The highest BCUT2D eigenvalue weighted by atomic mass is 19.1. The highest BCUT2D eigenvalue weighted by Gasteiger charge is 2.10. The van der Waals surface area contributed by atoms with Crippen LogP contribution in [0.1, 0.15) is 18.9 Å². The Kier molecular flexibility index (Phi) is 4.90. The quantitative estimate of drug-likeness (QED) is 0.754. The number of benzene rings is 1. The number of aryl methyl sites for hydroxylation is 1. The minimum Gasteiger partial charge on any atom is -0.394 e. The van der Waals surface area contributed by atoms with Crippen molar-refractivity contribution in [2.24, 2.45) is 0 Å². The first-order valence-corrected chi connectivity index (χ1v) is 5.51. The zero-order chi connectivity index (χ0) is 12.8. The van der Waals surface area contributed by atoms with E-state index in [-0.39, 0.29) is 18.5 Å². The average molecular weight is 240 g/mol. The summed E-state index contributed by atoms with van der Waals surface area (Å²) in [7, 11) is 0. The molecule has 0 radical (unpaired) electrons. The third-order valence-corrected chi connectivity index (χ3v) is 2.49. The largest absolute Gasteiger partial charge is 0.394 e. The maximum absolute atomic E-state index is 12.8. The number of carbonyl (C=O) groups excluding carboxylic acids is 1. The molecule has 0 fully saturated rings. The number of nitrogens with one attached hydrogen (secondary N) is 2. The van der Waals surface area contributed by atoms with Crippen LogP contribution in [0.3, 0.4) is 0 Å². The molecule has 1 aromatic carbocycles. The van der Waals surface area contributed by atoms with Gasteiger partial charge in [0.2, 0.25) is 0 Å². The number of halogens is 1. The number of hydrogen-bond acceptors (Lipinski definition) is 2. The number of rotatable bonds is 4. The zero-order valence-corrected chi connectivity index (χ0v) is 9.96. The second-order valence-electron chi connectivity index (χ2n) is 3.85. The van der Waals surface area contributed by atoms with Gasteiger partial charge in [-0.1, -0.05) is 6.92 Å². The molecule has 0 aliphatic carbocycles. The lowest BCUT2D eigenvalue weighted by Crippen LogP contribution is -2.39. The number of amides is 2. The maximum Gasteiger partial charge on any atom is 0.319 e. The Bertz CT molecular complexity index is 392. The van der Waals surface area contributed by atoms with E-state index < -0.39 is 6.03 Å². The van der Waals surface area contributed by atoms with Crippen LogP contribution in [0.15, 0.2) is 18.2 Å². The van der Waals surface area contributed by atoms with Gasteiger partial charge in [-0.05, 0) is 37.1 Å². The van der Waals surface area contributed by atoms with E-state index in [1.165, 1.54) is 18.2 Å². The molecule has 1 unspecified atom stereocenters. The van der Waals surface area contributed by atoms with E-state index in [4.69, 9.17) is 5.11 Å². The Hall–Kier alpha value is -1.62. The fraction of sp³-hybridized carbons (Fsp3) is 0.417. The van der Waals surface area contributed by atoms with Gasteiger partial charge in [0.05, 0.1) is 12.6 Å². The van der Waals surface area contributed by atoms with Crippen molar-refractivity contribution in [2.75, 3.05) is 11.9 Å². The van der Waals surface area contributed by atoms with Crippen molar-refractivity contribution in [3.05, 3.63) is 29.6 Å². The van der Waals surface area contributed by atoms with Crippen molar-refractivity contribution in [2.45, 2.75) is 26.3 Å². The molecule has 17 heavy (non-hydrogen) atoms. The van der Waals surface area contributed by atoms with Crippen LogP contribution in [0.25, 0.3) is 0 Å². The molecule has 0 spiro atoms. The first-order valence-electron chi connectivity index (χ1n) is 5.51. The second-order valence-corrected chi connectivity index (χ2v) is 3.85. The topological polar surface area (TPSA) is 61.4 Å². The standard InChI is InChI=1S/C12H17FN2O2/c1-3-10(7-16)14-12(17)15-11-5-4-9(13)6-8(11)2/h4-6,10,16H,3,7H2,1-2H3,(H2,14,15,17). The highest BCUT2D eigenvalue weighted by Crippen LogP contribution is 2.15. The van der Waals surface area contributed by atoms with E-state index in [1.807, 2.05) is 6.92 Å². The van der Waals surface area contributed by atoms with E-state index in [0.717, 1.165) is 0 Å². The van der Waals surface area contributed by atoms with Gasteiger partial charge < -0.3 is 15.7 Å². The van der Waals surface area contributed by atoms with Crippen molar-refractivity contribution in [1.29, 1.82) is 0 Å². The Balaban J connectivity index is 2.62. The molecular formula is C12H17FN2O2. The summed E-state index contributed by atoms with van der Waals surface area (Å²) in [5.74, 6) is -0.338. The van der Waals surface area contributed by atoms with Crippen molar-refractivity contribution in [3.8, 4) is 0 Å². The fourth-order valence-electron chi connectivity index (χ4n) is 1.39. The van der Waals surface area contributed by atoms with E-state index in [1.54, 1.807) is 6.92 Å². The maximum atomic E-state index is 12.8. The van der Waals surface area contributed by atoms with Gasteiger partial charge in [0.25, 0.3) is 0 Å². The zero-order valence-electron chi connectivity index (χ0n) is 9.96. The summed E-state index contributed by atoms with van der Waals surface area (Å²) in [6.07, 6.45) is 0.645. The molecule has 2 amide bonds. The van der Waals surface area contributed by atoms with Crippen LogP contribution in [0, 0.1) is 12.7 Å². The number of carbonyl (C=O) groups is 1. The third kappa shape index (κ3) is 4.03. The molecule has 4 nitrogen and oxygen atoms in total. The normalized spacial score (nSPS) is 12.0. The third-order valence-electron chi connectivity index (χ3n) is 2.49. The first-order chi connectivity index (χ1) is 8.06. The Morgan fingerprint density at radius 3 is 2.76 bits per heavy atom. The number of aliphatic hydroxyl groups excluding tert-OH is 1. The predicted molar refractivity (Wildman–Crippen MR) is 64.5 cm³/mol. The molecule has 0 heterocycles. The minimum absolute atomic E-state index is 0.105. The van der Waals surface area contributed by atoms with E-state index in [2.05, 4.69) is 10.6 Å². The lowest BCUT2D eigenvalue weighted by molar-refractivity contribution is 0.222. The SMILES string of the molecule is CCC(CO)NC(=O)Nc1ccc(F)cc1C. The molecule has 1 aromatic rings. The molecule has 0 aromatic heterocycles. The van der Waals surface area contributed by atoms with Gasteiger partial charge in [0.15, 0.2) is 0 Å². The second kappa shape index (κ2) is 6.20. The van der Waals surface area contributed by atoms with Crippen molar-refractivity contribution in [1.82, 2.24) is 5.32 Å². The van der Waals surface area contributed by atoms with Crippen molar-refractivity contribution >= 4 is 11.7 Å². The Morgan fingerprint density at radius 1 is 1.53 bits per heavy atom. The molecular weight excluding hydrogens is 223 g/mol. The smallest absolute Gasteiger partial charge is 0.319 e. The minimum atomic E-state index is -0.402. The number of urea groups is 1. The predicted octanol–water partition coefficient (Wildman–Crippen LogP) is 2.03. The Morgan fingerprint density at radius 2 is 2.24 bits per heavy atom. The van der Waals surface area contributed by atoms with Crippen LogP contribution >= 0.6 is 0 Å². The molecule has 0 bridgehead atoms. The van der Waals surface area contributed by atoms with Gasteiger partial charge in [-0.15, -0.1) is 0 Å². The molecule has 5 heteroatoms. The summed E-state index contributed by atoms with van der Waals surface area (Å²) in [6, 6.07) is 3.46. The van der Waals surface area contributed by atoms with E-state index in [9.17, 15) is 9.18 Å². The molecule has 94 valence electrons. The molecule has 1 atom stereocenters. The summed E-state index contributed by atoms with van der Waals surface area (Å²) < 4.78 is 12.8.